The van der Waals surface area contributed by atoms with Crippen molar-refractivity contribution in [3.63, 3.8) is 0 Å². The van der Waals surface area contributed by atoms with Crippen LogP contribution >= 0.6 is 0 Å². The van der Waals surface area contributed by atoms with E-state index in [-0.39, 0.29) is 11.5 Å². The molecule has 0 saturated carbocycles. The summed E-state index contributed by atoms with van der Waals surface area (Å²) in [6.45, 7) is 3.86. The predicted octanol–water partition coefficient (Wildman–Crippen LogP) is 2.64. The van der Waals surface area contributed by atoms with E-state index in [1.54, 1.807) is 0 Å². The molecule has 1 aromatic heterocycles. The van der Waals surface area contributed by atoms with Crippen LogP contribution in [0.3, 0.4) is 0 Å². The van der Waals surface area contributed by atoms with Gasteiger partial charge in [-0.3, -0.25) is 10.1 Å². The van der Waals surface area contributed by atoms with Gasteiger partial charge in [-0.2, -0.15) is 0 Å². The molecule has 0 unspecified atom stereocenters. The van der Waals surface area contributed by atoms with Crippen molar-refractivity contribution in [2.75, 3.05) is 10.7 Å². The molecule has 0 atom stereocenters. The molecule has 0 radical (unpaired) electrons. The molecule has 104 valence electrons. The Kier molecular flexibility index (Phi) is 3.81. The maximum Gasteiger partial charge on any atom is 0.311 e. The summed E-state index contributed by atoms with van der Waals surface area (Å²) in [4.78, 5) is 14.6. The molecule has 0 amide bonds. The molecule has 0 fully saturated rings. The number of pyridine rings is 1. The van der Waals surface area contributed by atoms with Gasteiger partial charge in [-0.15, -0.1) is 0 Å². The van der Waals surface area contributed by atoms with Crippen LogP contribution in [0.4, 0.5) is 23.0 Å². The van der Waals surface area contributed by atoms with Gasteiger partial charge >= 0.3 is 5.69 Å². The van der Waals surface area contributed by atoms with Crippen LogP contribution in [0.1, 0.15) is 11.1 Å². The van der Waals surface area contributed by atoms with E-state index in [4.69, 9.17) is 5.84 Å². The van der Waals surface area contributed by atoms with Crippen LogP contribution < -0.4 is 16.6 Å². The zero-order valence-electron chi connectivity index (χ0n) is 11.2. The highest BCUT2D eigenvalue weighted by Crippen LogP contribution is 2.28. The summed E-state index contributed by atoms with van der Waals surface area (Å²) < 4.78 is 0. The molecule has 20 heavy (non-hydrogen) atoms. The summed E-state index contributed by atoms with van der Waals surface area (Å²) in [5.74, 6) is 5.78. The van der Waals surface area contributed by atoms with Gasteiger partial charge < -0.3 is 10.7 Å². The quantitative estimate of drug-likeness (QED) is 0.449. The average Bonchev–Trinajstić information content (AvgIpc) is 2.42. The highest BCUT2D eigenvalue weighted by atomic mass is 16.6. The van der Waals surface area contributed by atoms with Crippen LogP contribution in [-0.2, 0) is 0 Å². The van der Waals surface area contributed by atoms with Gasteiger partial charge in [0.2, 0.25) is 5.82 Å². The highest BCUT2D eigenvalue weighted by molar-refractivity contribution is 5.69. The van der Waals surface area contributed by atoms with E-state index in [2.05, 4.69) is 15.7 Å². The molecule has 2 aromatic rings. The van der Waals surface area contributed by atoms with E-state index in [1.165, 1.54) is 12.1 Å². The predicted molar refractivity (Wildman–Crippen MR) is 77.9 cm³/mol. The van der Waals surface area contributed by atoms with Crippen molar-refractivity contribution < 1.29 is 4.92 Å². The van der Waals surface area contributed by atoms with E-state index in [1.807, 2.05) is 32.0 Å². The topological polar surface area (TPSA) is 106 Å². The Hall–Kier alpha value is -2.67. The first-order valence-electron chi connectivity index (χ1n) is 5.97. The minimum absolute atomic E-state index is 0.107. The number of rotatable bonds is 4. The molecule has 1 aromatic carbocycles. The number of nitrogens with zero attached hydrogens (tertiary/aromatic N) is 2. The fourth-order valence-corrected chi connectivity index (χ4v) is 1.77. The zero-order chi connectivity index (χ0) is 14.7. The Bertz CT molecular complexity index is 657. The molecule has 2 rings (SSSR count). The van der Waals surface area contributed by atoms with Crippen molar-refractivity contribution in [2.45, 2.75) is 13.8 Å². The van der Waals surface area contributed by atoms with Gasteiger partial charge in [-0.05, 0) is 37.1 Å². The number of aryl methyl sites for hydroxylation is 2. The lowest BCUT2D eigenvalue weighted by molar-refractivity contribution is -0.384. The Labute approximate surface area is 116 Å². The summed E-state index contributed by atoms with van der Waals surface area (Å²) in [6, 6.07) is 8.63. The molecule has 4 N–H and O–H groups in total. The number of hydrogen-bond donors (Lipinski definition) is 3. The third-order valence-corrected chi connectivity index (χ3v) is 2.86. The Morgan fingerprint density at radius 3 is 2.65 bits per heavy atom. The molecule has 7 heteroatoms. The number of nitrogens with one attached hydrogen (secondary N) is 2. The van der Waals surface area contributed by atoms with Crippen molar-refractivity contribution in [3.8, 4) is 0 Å². The lowest BCUT2D eigenvalue weighted by Gasteiger charge is -2.11. The molecule has 0 saturated heterocycles. The van der Waals surface area contributed by atoms with Crippen molar-refractivity contribution >= 4 is 23.0 Å². The van der Waals surface area contributed by atoms with Crippen LogP contribution in [-0.4, -0.2) is 9.91 Å². The van der Waals surface area contributed by atoms with E-state index in [0.717, 1.165) is 16.8 Å². The fraction of sp³-hybridized carbons (Fsp3) is 0.154. The number of nitro groups is 1. The first kappa shape index (κ1) is 13.8. The van der Waals surface area contributed by atoms with Crippen molar-refractivity contribution in [3.05, 3.63) is 51.6 Å². The first-order chi connectivity index (χ1) is 9.51. The Morgan fingerprint density at radius 1 is 1.25 bits per heavy atom. The number of hydrazine groups is 1. The number of nitrogen functional groups attached to an aromatic ring is 1. The van der Waals surface area contributed by atoms with Crippen LogP contribution in [0.5, 0.6) is 0 Å². The van der Waals surface area contributed by atoms with Crippen molar-refractivity contribution in [1.82, 2.24) is 4.98 Å². The Morgan fingerprint density at radius 2 is 2.00 bits per heavy atom. The van der Waals surface area contributed by atoms with Crippen LogP contribution in [0.2, 0.25) is 0 Å². The van der Waals surface area contributed by atoms with Crippen LogP contribution in [0.25, 0.3) is 0 Å². The number of anilines is 3. The molecular weight excluding hydrogens is 258 g/mol. The van der Waals surface area contributed by atoms with Crippen LogP contribution in [0, 0.1) is 24.0 Å². The highest BCUT2D eigenvalue weighted by Gasteiger charge is 2.16. The molecule has 0 bridgehead atoms. The number of nitrogens with two attached hydrogens (primary N) is 1. The van der Waals surface area contributed by atoms with E-state index in [9.17, 15) is 10.1 Å². The largest absolute Gasteiger partial charge is 0.334 e. The maximum absolute atomic E-state index is 11.0. The molecule has 0 aliphatic rings. The second-order valence-corrected chi connectivity index (χ2v) is 4.41. The Balaban J connectivity index is 2.45. The minimum atomic E-state index is -0.485. The second kappa shape index (κ2) is 5.54. The standard InChI is InChI=1S/C13H15N5O2/c1-8-3-4-9(2)10(7-8)15-13-11(18(19)20)5-6-12(16-13)17-14/h3-7H,14H2,1-2H3,(H2,15,16,17). The summed E-state index contributed by atoms with van der Waals surface area (Å²) in [5.41, 5.74) is 5.06. The molecule has 0 aliphatic heterocycles. The van der Waals surface area contributed by atoms with Gasteiger partial charge in [0.05, 0.1) is 4.92 Å². The summed E-state index contributed by atoms with van der Waals surface area (Å²) >= 11 is 0. The minimum Gasteiger partial charge on any atom is -0.334 e. The lowest BCUT2D eigenvalue weighted by atomic mass is 10.1. The van der Waals surface area contributed by atoms with Crippen molar-refractivity contribution in [2.24, 2.45) is 5.84 Å². The van der Waals surface area contributed by atoms with Crippen molar-refractivity contribution in [1.29, 1.82) is 0 Å². The first-order valence-corrected chi connectivity index (χ1v) is 5.97. The molecule has 0 aliphatic carbocycles. The summed E-state index contributed by atoms with van der Waals surface area (Å²) in [6.07, 6.45) is 0. The maximum atomic E-state index is 11.0. The van der Waals surface area contributed by atoms with Gasteiger partial charge in [-0.1, -0.05) is 12.1 Å². The van der Waals surface area contributed by atoms with Gasteiger partial charge in [-0.25, -0.2) is 10.8 Å². The van der Waals surface area contributed by atoms with E-state index >= 15 is 0 Å². The SMILES string of the molecule is Cc1ccc(C)c(Nc2nc(NN)ccc2[N+](=O)[O-])c1. The average molecular weight is 273 g/mol. The number of aromatic nitrogens is 1. The molecule has 7 nitrogen and oxygen atoms in total. The summed E-state index contributed by atoms with van der Waals surface area (Å²) in [5, 5.41) is 14.0. The number of hydrogen-bond acceptors (Lipinski definition) is 6. The fourth-order valence-electron chi connectivity index (χ4n) is 1.77. The lowest BCUT2D eigenvalue weighted by Crippen LogP contribution is -2.10. The van der Waals surface area contributed by atoms with E-state index in [0.29, 0.717) is 5.82 Å². The number of benzene rings is 1. The van der Waals surface area contributed by atoms with Gasteiger partial charge in [0.1, 0.15) is 5.82 Å². The normalized spacial score (nSPS) is 10.2. The van der Waals surface area contributed by atoms with Crippen LogP contribution in [0.15, 0.2) is 30.3 Å². The monoisotopic (exact) mass is 273 g/mol. The van der Waals surface area contributed by atoms with Gasteiger partial charge in [0.15, 0.2) is 0 Å². The van der Waals surface area contributed by atoms with E-state index < -0.39 is 4.92 Å². The third kappa shape index (κ3) is 2.83. The smallest absolute Gasteiger partial charge is 0.311 e. The van der Waals surface area contributed by atoms with Gasteiger partial charge in [0.25, 0.3) is 0 Å². The third-order valence-electron chi connectivity index (χ3n) is 2.86. The zero-order valence-corrected chi connectivity index (χ0v) is 11.2. The molecule has 1 heterocycles. The van der Waals surface area contributed by atoms with Gasteiger partial charge in [0, 0.05) is 11.8 Å². The molecular formula is C13H15N5O2. The molecule has 0 spiro atoms. The summed E-state index contributed by atoms with van der Waals surface area (Å²) in [7, 11) is 0. The second-order valence-electron chi connectivity index (χ2n) is 4.41.